The van der Waals surface area contributed by atoms with Crippen LogP contribution in [-0.2, 0) is 11.3 Å². The molecule has 104 valence electrons. The fourth-order valence-electron chi connectivity index (χ4n) is 3.02. The van der Waals surface area contributed by atoms with Gasteiger partial charge in [-0.2, -0.15) is 5.26 Å². The lowest BCUT2D eigenvalue weighted by Crippen LogP contribution is -2.21. The van der Waals surface area contributed by atoms with E-state index < -0.39 is 0 Å². The summed E-state index contributed by atoms with van der Waals surface area (Å²) in [6.45, 7) is 4.54. The Kier molecular flexibility index (Phi) is 3.69. The average molecular weight is 289 g/mol. The first-order valence-electron chi connectivity index (χ1n) is 6.97. The van der Waals surface area contributed by atoms with Gasteiger partial charge in [-0.25, -0.2) is 0 Å². The van der Waals surface area contributed by atoms with E-state index in [1.165, 1.54) is 0 Å². The van der Waals surface area contributed by atoms with E-state index >= 15 is 0 Å². The van der Waals surface area contributed by atoms with Crippen molar-refractivity contribution in [3.05, 3.63) is 34.5 Å². The molecule has 0 N–H and O–H groups in total. The summed E-state index contributed by atoms with van der Waals surface area (Å²) in [5.74, 6) is 0.585. The first kappa shape index (κ1) is 13.5. The van der Waals surface area contributed by atoms with Crippen LogP contribution in [0.1, 0.15) is 24.1 Å². The van der Waals surface area contributed by atoms with Crippen molar-refractivity contribution in [2.24, 2.45) is 5.92 Å². The second kappa shape index (κ2) is 5.47. The van der Waals surface area contributed by atoms with E-state index in [1.54, 1.807) is 0 Å². The number of nitriles is 1. The molecule has 0 saturated carbocycles. The first-order chi connectivity index (χ1) is 9.70. The Morgan fingerprint density at radius 1 is 1.40 bits per heavy atom. The van der Waals surface area contributed by atoms with Gasteiger partial charge < -0.3 is 9.30 Å². The zero-order valence-corrected chi connectivity index (χ0v) is 12.3. The molecular formula is C16H17ClN2O. The number of hydrogen-bond acceptors (Lipinski definition) is 2. The second-order valence-corrected chi connectivity index (χ2v) is 5.85. The molecule has 2 heterocycles. The van der Waals surface area contributed by atoms with Gasteiger partial charge in [0.15, 0.2) is 0 Å². The van der Waals surface area contributed by atoms with Gasteiger partial charge in [0.2, 0.25) is 0 Å². The molecule has 0 atom stereocenters. The highest BCUT2D eigenvalue weighted by Gasteiger charge is 2.19. The van der Waals surface area contributed by atoms with Gasteiger partial charge in [-0.05, 0) is 49.4 Å². The summed E-state index contributed by atoms with van der Waals surface area (Å²) in [7, 11) is 0. The Bertz CT molecular complexity index is 678. The second-order valence-electron chi connectivity index (χ2n) is 5.41. The fraction of sp³-hybridized carbons (Fsp3) is 0.438. The van der Waals surface area contributed by atoms with E-state index in [1.807, 2.05) is 25.1 Å². The Balaban J connectivity index is 2.06. The molecule has 0 aliphatic carbocycles. The molecule has 1 aliphatic heterocycles. The lowest BCUT2D eigenvalue weighted by Gasteiger charge is -2.23. The van der Waals surface area contributed by atoms with Crippen LogP contribution in [0.5, 0.6) is 0 Å². The molecule has 0 amide bonds. The third-order valence-corrected chi connectivity index (χ3v) is 4.40. The molecule has 0 bridgehead atoms. The minimum absolute atomic E-state index is 0.585. The van der Waals surface area contributed by atoms with Crippen molar-refractivity contribution in [2.45, 2.75) is 26.3 Å². The molecule has 0 unspecified atom stereocenters. The van der Waals surface area contributed by atoms with Crippen LogP contribution in [0.25, 0.3) is 10.9 Å². The number of ether oxygens (including phenoxy) is 1. The van der Waals surface area contributed by atoms with Gasteiger partial charge in [0, 0.05) is 35.7 Å². The summed E-state index contributed by atoms with van der Waals surface area (Å²) < 4.78 is 7.56. The summed E-state index contributed by atoms with van der Waals surface area (Å²) in [4.78, 5) is 0. The molecule has 1 saturated heterocycles. The Hall–Kier alpha value is -1.50. The minimum atomic E-state index is 0.585. The van der Waals surface area contributed by atoms with E-state index in [2.05, 4.69) is 10.6 Å². The summed E-state index contributed by atoms with van der Waals surface area (Å²) in [5.41, 5.74) is 2.89. The molecule has 1 aliphatic rings. The average Bonchev–Trinajstić information content (AvgIpc) is 2.72. The predicted molar refractivity (Wildman–Crippen MR) is 79.9 cm³/mol. The summed E-state index contributed by atoms with van der Waals surface area (Å²) in [6.07, 6.45) is 2.13. The fourth-order valence-corrected chi connectivity index (χ4v) is 3.19. The normalized spacial score (nSPS) is 16.4. The van der Waals surface area contributed by atoms with Crippen molar-refractivity contribution >= 4 is 22.5 Å². The summed E-state index contributed by atoms with van der Waals surface area (Å²) in [5, 5.41) is 11.3. The topological polar surface area (TPSA) is 38.0 Å². The molecule has 0 radical (unpaired) electrons. The van der Waals surface area contributed by atoms with E-state index in [0.717, 1.165) is 54.8 Å². The van der Waals surface area contributed by atoms with Gasteiger partial charge in [-0.3, -0.25) is 0 Å². The Morgan fingerprint density at radius 2 is 2.15 bits per heavy atom. The Morgan fingerprint density at radius 3 is 2.85 bits per heavy atom. The van der Waals surface area contributed by atoms with Gasteiger partial charge in [-0.1, -0.05) is 11.6 Å². The molecule has 1 aromatic heterocycles. The van der Waals surface area contributed by atoms with Crippen molar-refractivity contribution in [1.29, 1.82) is 5.26 Å². The molecule has 3 nitrogen and oxygen atoms in total. The smallest absolute Gasteiger partial charge is 0.124 e. The van der Waals surface area contributed by atoms with Crippen LogP contribution in [0, 0.1) is 24.2 Å². The van der Waals surface area contributed by atoms with Crippen LogP contribution in [0.3, 0.4) is 0 Å². The van der Waals surface area contributed by atoms with Gasteiger partial charge in [0.25, 0.3) is 0 Å². The van der Waals surface area contributed by atoms with Crippen molar-refractivity contribution in [1.82, 2.24) is 4.57 Å². The molecule has 1 aromatic carbocycles. The van der Waals surface area contributed by atoms with Crippen molar-refractivity contribution in [3.63, 3.8) is 0 Å². The summed E-state index contributed by atoms with van der Waals surface area (Å²) >= 11 is 6.08. The number of aryl methyl sites for hydroxylation is 1. The third kappa shape index (κ3) is 2.30. The van der Waals surface area contributed by atoms with Crippen LogP contribution >= 0.6 is 11.6 Å². The lowest BCUT2D eigenvalue weighted by atomic mass is 10.0. The van der Waals surface area contributed by atoms with Gasteiger partial charge in [0.05, 0.1) is 0 Å². The molecule has 4 heteroatoms. The maximum absolute atomic E-state index is 9.47. The molecule has 1 fully saturated rings. The van der Waals surface area contributed by atoms with Crippen LogP contribution in [-0.4, -0.2) is 17.8 Å². The van der Waals surface area contributed by atoms with Crippen molar-refractivity contribution in [2.75, 3.05) is 13.2 Å². The van der Waals surface area contributed by atoms with E-state index in [9.17, 15) is 5.26 Å². The van der Waals surface area contributed by atoms with Gasteiger partial charge in [-0.15, -0.1) is 0 Å². The van der Waals surface area contributed by atoms with Crippen molar-refractivity contribution in [3.8, 4) is 6.07 Å². The first-order valence-corrected chi connectivity index (χ1v) is 7.34. The predicted octanol–water partition coefficient (Wildman–Crippen LogP) is 3.90. The molecule has 3 rings (SSSR count). The van der Waals surface area contributed by atoms with E-state index in [-0.39, 0.29) is 0 Å². The van der Waals surface area contributed by atoms with Crippen LogP contribution in [0.2, 0.25) is 5.02 Å². The monoisotopic (exact) mass is 288 g/mol. The van der Waals surface area contributed by atoms with Crippen LogP contribution in [0.15, 0.2) is 18.2 Å². The maximum Gasteiger partial charge on any atom is 0.124 e. The summed E-state index contributed by atoms with van der Waals surface area (Å²) in [6, 6.07) is 8.22. The highest BCUT2D eigenvalue weighted by Crippen LogP contribution is 2.30. The van der Waals surface area contributed by atoms with E-state index in [4.69, 9.17) is 16.3 Å². The molecule has 0 spiro atoms. The lowest BCUT2D eigenvalue weighted by molar-refractivity contribution is 0.0616. The number of hydrogen-bond donors (Lipinski definition) is 0. The van der Waals surface area contributed by atoms with Crippen LogP contribution in [0.4, 0.5) is 0 Å². The van der Waals surface area contributed by atoms with Crippen LogP contribution < -0.4 is 0 Å². The standard InChI is InChI=1S/C16H17ClN2O/c1-11-14-8-13(17)2-3-15(14)19(16(11)9-18)10-12-4-6-20-7-5-12/h2-3,8,12H,4-7,10H2,1H3. The van der Waals surface area contributed by atoms with Crippen molar-refractivity contribution < 1.29 is 4.74 Å². The van der Waals surface area contributed by atoms with E-state index in [0.29, 0.717) is 10.9 Å². The molecule has 2 aromatic rings. The van der Waals surface area contributed by atoms with Gasteiger partial charge >= 0.3 is 0 Å². The minimum Gasteiger partial charge on any atom is -0.381 e. The number of fused-ring (bicyclic) bond motifs is 1. The largest absolute Gasteiger partial charge is 0.381 e. The zero-order chi connectivity index (χ0) is 14.1. The quantitative estimate of drug-likeness (QED) is 0.840. The highest BCUT2D eigenvalue weighted by molar-refractivity contribution is 6.31. The number of aromatic nitrogens is 1. The maximum atomic E-state index is 9.47. The Labute approximate surface area is 123 Å². The zero-order valence-electron chi connectivity index (χ0n) is 11.5. The number of benzene rings is 1. The van der Waals surface area contributed by atoms with Gasteiger partial charge in [0.1, 0.15) is 11.8 Å². The molecular weight excluding hydrogens is 272 g/mol. The molecule has 20 heavy (non-hydrogen) atoms. The number of nitrogens with zero attached hydrogens (tertiary/aromatic N) is 2. The number of halogens is 1. The third-order valence-electron chi connectivity index (χ3n) is 4.17. The SMILES string of the molecule is Cc1c(C#N)n(CC2CCOCC2)c2ccc(Cl)cc12. The number of rotatable bonds is 2. The highest BCUT2D eigenvalue weighted by atomic mass is 35.5.